The van der Waals surface area contributed by atoms with Crippen LogP contribution in [0.25, 0.3) is 0 Å². The first-order chi connectivity index (χ1) is 8.95. The quantitative estimate of drug-likeness (QED) is 0.836. The van der Waals surface area contributed by atoms with Crippen molar-refractivity contribution >= 4 is 5.97 Å². The molecule has 0 fully saturated rings. The summed E-state index contributed by atoms with van der Waals surface area (Å²) < 4.78 is 77.6. The summed E-state index contributed by atoms with van der Waals surface area (Å²) in [5.74, 6) is -3.53. The van der Waals surface area contributed by atoms with E-state index in [1.54, 1.807) is 0 Å². The molecular formula is C9H6F6N2O3. The molecule has 0 atom stereocenters. The van der Waals surface area contributed by atoms with Crippen molar-refractivity contribution in [2.24, 2.45) is 5.73 Å². The van der Waals surface area contributed by atoms with Gasteiger partial charge in [0.05, 0.1) is 5.69 Å². The minimum Gasteiger partial charge on any atom is -0.477 e. The Morgan fingerprint density at radius 1 is 1.30 bits per heavy atom. The lowest BCUT2D eigenvalue weighted by molar-refractivity contribution is -0.276. The lowest BCUT2D eigenvalue weighted by Gasteiger charge is -2.18. The fraction of sp³-hybridized carbons (Fsp3) is 0.333. The lowest BCUT2D eigenvalue weighted by Crippen LogP contribution is -2.23. The van der Waals surface area contributed by atoms with Crippen molar-refractivity contribution in [2.75, 3.05) is 0 Å². The molecule has 112 valence electrons. The number of rotatable bonds is 3. The summed E-state index contributed by atoms with van der Waals surface area (Å²) in [6, 6.07) is 0.0395. The van der Waals surface area contributed by atoms with Crippen LogP contribution in [0.2, 0.25) is 0 Å². The molecule has 5 nitrogen and oxygen atoms in total. The van der Waals surface area contributed by atoms with Crippen molar-refractivity contribution in [3.05, 3.63) is 23.0 Å². The van der Waals surface area contributed by atoms with Gasteiger partial charge in [0, 0.05) is 12.6 Å². The molecule has 1 rings (SSSR count). The van der Waals surface area contributed by atoms with Crippen molar-refractivity contribution in [3.8, 4) is 5.75 Å². The molecule has 0 aliphatic heterocycles. The van der Waals surface area contributed by atoms with Crippen LogP contribution in [0.15, 0.2) is 6.07 Å². The second kappa shape index (κ2) is 5.15. The maximum absolute atomic E-state index is 12.7. The van der Waals surface area contributed by atoms with Crippen LogP contribution in [0.3, 0.4) is 0 Å². The summed E-state index contributed by atoms with van der Waals surface area (Å²) in [6.45, 7) is -0.913. The molecule has 0 spiro atoms. The summed E-state index contributed by atoms with van der Waals surface area (Å²) in [7, 11) is 0. The van der Waals surface area contributed by atoms with Gasteiger partial charge >= 0.3 is 18.5 Å². The molecule has 0 radical (unpaired) electrons. The topological polar surface area (TPSA) is 85.4 Å². The van der Waals surface area contributed by atoms with E-state index in [0.717, 1.165) is 0 Å². The molecule has 20 heavy (non-hydrogen) atoms. The van der Waals surface area contributed by atoms with Crippen LogP contribution in [0, 0.1) is 0 Å². The predicted octanol–water partition coefficient (Wildman–Crippen LogP) is 2.16. The second-order valence-corrected chi connectivity index (χ2v) is 3.38. The Kier molecular flexibility index (Phi) is 4.12. The van der Waals surface area contributed by atoms with Gasteiger partial charge in [-0.15, -0.1) is 13.2 Å². The molecule has 0 amide bonds. The van der Waals surface area contributed by atoms with Crippen molar-refractivity contribution in [1.82, 2.24) is 4.98 Å². The molecule has 1 aromatic rings. The Bertz CT molecular complexity index is 526. The Labute approximate surface area is 107 Å². The number of aromatic carboxylic acids is 1. The van der Waals surface area contributed by atoms with Crippen molar-refractivity contribution in [2.45, 2.75) is 19.1 Å². The number of nitrogens with zero attached hydrogens (tertiary/aromatic N) is 1. The molecular weight excluding hydrogens is 298 g/mol. The van der Waals surface area contributed by atoms with Gasteiger partial charge in [0.15, 0.2) is 5.69 Å². The normalized spacial score (nSPS) is 12.3. The second-order valence-electron chi connectivity index (χ2n) is 3.38. The fourth-order valence-corrected chi connectivity index (χ4v) is 1.34. The highest BCUT2D eigenvalue weighted by molar-refractivity contribution is 5.86. The monoisotopic (exact) mass is 304 g/mol. The Morgan fingerprint density at radius 3 is 2.20 bits per heavy atom. The zero-order valence-electron chi connectivity index (χ0n) is 9.34. The number of aromatic nitrogens is 1. The molecule has 11 heteroatoms. The van der Waals surface area contributed by atoms with Crippen LogP contribution in [0.5, 0.6) is 5.75 Å². The number of carboxylic acid groups (broad SMARTS) is 1. The van der Waals surface area contributed by atoms with E-state index in [4.69, 9.17) is 10.8 Å². The minimum absolute atomic E-state index is 0.0395. The third kappa shape index (κ3) is 3.73. The molecule has 0 saturated carbocycles. The van der Waals surface area contributed by atoms with Gasteiger partial charge in [-0.2, -0.15) is 13.2 Å². The molecule has 0 aliphatic rings. The van der Waals surface area contributed by atoms with Crippen molar-refractivity contribution < 1.29 is 41.0 Å². The highest BCUT2D eigenvalue weighted by Crippen LogP contribution is 2.40. The van der Waals surface area contributed by atoms with Gasteiger partial charge in [-0.1, -0.05) is 0 Å². The van der Waals surface area contributed by atoms with Crippen LogP contribution < -0.4 is 10.5 Å². The smallest absolute Gasteiger partial charge is 0.477 e. The SMILES string of the molecule is NCc1nc(C(=O)O)cc(OC(F)(F)F)c1C(F)(F)F. The first kappa shape index (κ1) is 16.0. The Balaban J connectivity index is 3.57. The van der Waals surface area contributed by atoms with E-state index in [2.05, 4.69) is 9.72 Å². The molecule has 1 aromatic heterocycles. The molecule has 1 heterocycles. The number of hydrogen-bond donors (Lipinski definition) is 2. The van der Waals surface area contributed by atoms with Crippen molar-refractivity contribution in [3.63, 3.8) is 0 Å². The average Bonchev–Trinajstić information content (AvgIpc) is 2.23. The number of carboxylic acids is 1. The standard InChI is InChI=1S/C9H6F6N2O3/c10-8(11,12)6-4(2-16)17-3(7(18)19)1-5(6)20-9(13,14)15/h1H,2,16H2,(H,18,19). The summed E-state index contributed by atoms with van der Waals surface area (Å²) in [6.07, 6.45) is -10.7. The van der Waals surface area contributed by atoms with Gasteiger partial charge in [0.1, 0.15) is 11.3 Å². The number of nitrogens with two attached hydrogens (primary N) is 1. The van der Waals surface area contributed by atoms with E-state index in [1.165, 1.54) is 0 Å². The number of alkyl halides is 6. The van der Waals surface area contributed by atoms with E-state index in [9.17, 15) is 31.1 Å². The highest BCUT2D eigenvalue weighted by atomic mass is 19.4. The van der Waals surface area contributed by atoms with E-state index >= 15 is 0 Å². The maximum atomic E-state index is 12.7. The molecule has 0 saturated heterocycles. The average molecular weight is 304 g/mol. The third-order valence-electron chi connectivity index (χ3n) is 1.98. The van der Waals surface area contributed by atoms with E-state index < -0.39 is 47.8 Å². The number of halogens is 6. The largest absolute Gasteiger partial charge is 0.573 e. The molecule has 0 aromatic carbocycles. The van der Waals surface area contributed by atoms with Crippen LogP contribution >= 0.6 is 0 Å². The Hall–Kier alpha value is -2.04. The molecule has 0 aliphatic carbocycles. The maximum Gasteiger partial charge on any atom is 0.573 e. The van der Waals surface area contributed by atoms with Gasteiger partial charge in [0.25, 0.3) is 0 Å². The molecule has 0 unspecified atom stereocenters. The van der Waals surface area contributed by atoms with E-state index in [-0.39, 0.29) is 6.07 Å². The third-order valence-corrected chi connectivity index (χ3v) is 1.98. The fourth-order valence-electron chi connectivity index (χ4n) is 1.34. The van der Waals surface area contributed by atoms with Gasteiger partial charge in [-0.05, 0) is 0 Å². The van der Waals surface area contributed by atoms with E-state index in [0.29, 0.717) is 0 Å². The van der Waals surface area contributed by atoms with E-state index in [1.807, 2.05) is 0 Å². The molecule has 3 N–H and O–H groups in total. The number of hydrogen-bond acceptors (Lipinski definition) is 4. The lowest BCUT2D eigenvalue weighted by atomic mass is 10.1. The summed E-state index contributed by atoms with van der Waals surface area (Å²) in [5.41, 5.74) is 0.995. The number of carbonyl (C=O) groups is 1. The Morgan fingerprint density at radius 2 is 1.85 bits per heavy atom. The first-order valence-electron chi connectivity index (χ1n) is 4.76. The van der Waals surface area contributed by atoms with Gasteiger partial charge < -0.3 is 15.6 Å². The summed E-state index contributed by atoms with van der Waals surface area (Å²) in [5, 5.41) is 8.60. The number of pyridine rings is 1. The van der Waals surface area contributed by atoms with Crippen LogP contribution in [0.4, 0.5) is 26.3 Å². The minimum atomic E-state index is -5.43. The number of ether oxygens (including phenoxy) is 1. The predicted molar refractivity (Wildman–Crippen MR) is 50.8 cm³/mol. The van der Waals surface area contributed by atoms with Crippen LogP contribution in [0.1, 0.15) is 21.7 Å². The summed E-state index contributed by atoms with van der Waals surface area (Å²) in [4.78, 5) is 13.7. The van der Waals surface area contributed by atoms with Crippen LogP contribution in [-0.2, 0) is 12.7 Å². The van der Waals surface area contributed by atoms with Gasteiger partial charge in [0.2, 0.25) is 0 Å². The summed E-state index contributed by atoms with van der Waals surface area (Å²) >= 11 is 0. The first-order valence-corrected chi connectivity index (χ1v) is 4.76. The van der Waals surface area contributed by atoms with Crippen molar-refractivity contribution in [1.29, 1.82) is 0 Å². The van der Waals surface area contributed by atoms with Crippen LogP contribution in [-0.4, -0.2) is 22.4 Å². The highest BCUT2D eigenvalue weighted by Gasteiger charge is 2.42. The van der Waals surface area contributed by atoms with Gasteiger partial charge in [-0.25, -0.2) is 9.78 Å². The van der Waals surface area contributed by atoms with Gasteiger partial charge in [-0.3, -0.25) is 0 Å². The zero-order chi connectivity index (χ0) is 15.7. The zero-order valence-corrected chi connectivity index (χ0v) is 9.34. The molecule has 0 bridgehead atoms.